The summed E-state index contributed by atoms with van der Waals surface area (Å²) in [6.45, 7) is 4.49. The Morgan fingerprint density at radius 1 is 1.36 bits per heavy atom. The summed E-state index contributed by atoms with van der Waals surface area (Å²) in [6.07, 6.45) is 3.74. The third-order valence-electron chi connectivity index (χ3n) is 2.60. The van der Waals surface area contributed by atoms with Gasteiger partial charge in [-0.3, -0.25) is 5.14 Å². The molecule has 0 bridgehead atoms. The Hall–Kier alpha value is -0.470. The highest BCUT2D eigenvalue weighted by molar-refractivity contribution is 7.97. The van der Waals surface area contributed by atoms with E-state index in [0.717, 1.165) is 4.90 Å². The molecule has 1 rings (SSSR count). The van der Waals surface area contributed by atoms with Crippen LogP contribution in [0, 0.1) is 0 Å². The minimum Gasteiger partial charge on any atom is -0.274 e. The molecule has 0 aromatic heterocycles. The first kappa shape index (κ1) is 11.6. The summed E-state index contributed by atoms with van der Waals surface area (Å²) in [6, 6.07) is 8.59. The van der Waals surface area contributed by atoms with Crippen molar-refractivity contribution in [2.24, 2.45) is 5.14 Å². The molecule has 1 aromatic rings. The van der Waals surface area contributed by atoms with Crippen molar-refractivity contribution in [3.05, 3.63) is 29.8 Å². The Morgan fingerprint density at radius 3 is 2.71 bits per heavy atom. The first-order valence-electron chi connectivity index (χ1n) is 5.28. The van der Waals surface area contributed by atoms with Gasteiger partial charge in [-0.25, -0.2) is 0 Å². The quantitative estimate of drug-likeness (QED) is 0.743. The lowest BCUT2D eigenvalue weighted by Crippen LogP contribution is -1.97. The van der Waals surface area contributed by atoms with Crippen LogP contribution in [0.4, 0.5) is 0 Å². The second kappa shape index (κ2) is 6.10. The predicted octanol–water partition coefficient (Wildman–Crippen LogP) is 3.95. The van der Waals surface area contributed by atoms with Crippen LogP contribution in [-0.2, 0) is 0 Å². The highest BCUT2D eigenvalue weighted by Crippen LogP contribution is 2.26. The normalized spacial score (nSPS) is 12.8. The van der Waals surface area contributed by atoms with E-state index in [1.54, 1.807) is 0 Å². The molecule has 0 amide bonds. The average molecular weight is 209 g/mol. The van der Waals surface area contributed by atoms with Gasteiger partial charge in [0, 0.05) is 4.90 Å². The van der Waals surface area contributed by atoms with Gasteiger partial charge in [-0.15, -0.1) is 0 Å². The zero-order chi connectivity index (χ0) is 10.4. The monoisotopic (exact) mass is 209 g/mol. The average Bonchev–Trinajstić information content (AvgIpc) is 2.26. The number of benzene rings is 1. The molecule has 14 heavy (non-hydrogen) atoms. The Bertz CT molecular complexity index is 273. The fourth-order valence-electron chi connectivity index (χ4n) is 1.80. The van der Waals surface area contributed by atoms with E-state index in [0.29, 0.717) is 5.92 Å². The van der Waals surface area contributed by atoms with Crippen molar-refractivity contribution < 1.29 is 0 Å². The largest absolute Gasteiger partial charge is 0.274 e. The SMILES string of the molecule is CCCC(CC)c1cccc(SN)c1. The topological polar surface area (TPSA) is 26.0 Å². The van der Waals surface area contributed by atoms with Gasteiger partial charge in [0.05, 0.1) is 0 Å². The van der Waals surface area contributed by atoms with Gasteiger partial charge >= 0.3 is 0 Å². The number of hydrogen-bond donors (Lipinski definition) is 1. The Morgan fingerprint density at radius 2 is 2.14 bits per heavy atom. The lowest BCUT2D eigenvalue weighted by atomic mass is 9.92. The first-order chi connectivity index (χ1) is 6.81. The van der Waals surface area contributed by atoms with Crippen molar-refractivity contribution in [1.29, 1.82) is 0 Å². The van der Waals surface area contributed by atoms with Crippen molar-refractivity contribution in [2.75, 3.05) is 0 Å². The number of hydrogen-bond acceptors (Lipinski definition) is 2. The molecule has 1 aromatic carbocycles. The molecule has 0 fully saturated rings. The predicted molar refractivity (Wildman–Crippen MR) is 64.4 cm³/mol. The van der Waals surface area contributed by atoms with E-state index in [-0.39, 0.29) is 0 Å². The maximum absolute atomic E-state index is 5.55. The maximum atomic E-state index is 5.55. The Labute approximate surface area is 91.2 Å². The minimum absolute atomic E-state index is 0.701. The molecule has 0 saturated heterocycles. The number of rotatable bonds is 5. The Balaban J connectivity index is 2.80. The Kier molecular flexibility index (Phi) is 5.05. The van der Waals surface area contributed by atoms with E-state index in [1.807, 2.05) is 0 Å². The molecule has 1 atom stereocenters. The highest BCUT2D eigenvalue weighted by atomic mass is 32.2. The summed E-state index contributed by atoms with van der Waals surface area (Å²) >= 11 is 1.33. The van der Waals surface area contributed by atoms with Crippen LogP contribution in [0.1, 0.15) is 44.6 Å². The van der Waals surface area contributed by atoms with Gasteiger partial charge in [-0.1, -0.05) is 32.4 Å². The van der Waals surface area contributed by atoms with Crippen molar-refractivity contribution in [3.8, 4) is 0 Å². The zero-order valence-corrected chi connectivity index (χ0v) is 9.81. The van der Waals surface area contributed by atoms with E-state index in [9.17, 15) is 0 Å². The summed E-state index contributed by atoms with van der Waals surface area (Å²) in [7, 11) is 0. The molecule has 78 valence electrons. The van der Waals surface area contributed by atoms with Crippen LogP contribution in [0.15, 0.2) is 29.2 Å². The lowest BCUT2D eigenvalue weighted by Gasteiger charge is -2.14. The van der Waals surface area contributed by atoms with Crippen LogP contribution in [0.3, 0.4) is 0 Å². The molecule has 2 heteroatoms. The molecule has 0 aliphatic heterocycles. The summed E-state index contributed by atoms with van der Waals surface area (Å²) in [5, 5.41) is 5.55. The van der Waals surface area contributed by atoms with Crippen molar-refractivity contribution in [1.82, 2.24) is 0 Å². The zero-order valence-electron chi connectivity index (χ0n) is 8.99. The first-order valence-corrected chi connectivity index (χ1v) is 6.16. The van der Waals surface area contributed by atoms with Crippen LogP contribution in [0.25, 0.3) is 0 Å². The summed E-state index contributed by atoms with van der Waals surface area (Å²) < 4.78 is 0. The summed E-state index contributed by atoms with van der Waals surface area (Å²) in [4.78, 5) is 1.16. The van der Waals surface area contributed by atoms with Crippen LogP contribution >= 0.6 is 11.9 Å². The van der Waals surface area contributed by atoms with Crippen molar-refractivity contribution >= 4 is 11.9 Å². The summed E-state index contributed by atoms with van der Waals surface area (Å²) in [5.41, 5.74) is 1.44. The van der Waals surface area contributed by atoms with E-state index in [2.05, 4.69) is 38.1 Å². The molecule has 0 aliphatic carbocycles. The van der Waals surface area contributed by atoms with Gasteiger partial charge < -0.3 is 0 Å². The lowest BCUT2D eigenvalue weighted by molar-refractivity contribution is 0.595. The van der Waals surface area contributed by atoms with E-state index >= 15 is 0 Å². The number of nitrogens with two attached hydrogens (primary N) is 1. The molecule has 1 unspecified atom stereocenters. The van der Waals surface area contributed by atoms with Gasteiger partial charge in [-0.2, -0.15) is 0 Å². The third kappa shape index (κ3) is 3.03. The molecular weight excluding hydrogens is 190 g/mol. The second-order valence-electron chi connectivity index (χ2n) is 3.58. The molecule has 0 radical (unpaired) electrons. The van der Waals surface area contributed by atoms with Crippen LogP contribution in [-0.4, -0.2) is 0 Å². The molecule has 0 aliphatic rings. The molecule has 0 saturated carbocycles. The van der Waals surface area contributed by atoms with Crippen LogP contribution in [0.5, 0.6) is 0 Å². The van der Waals surface area contributed by atoms with Gasteiger partial charge in [0.25, 0.3) is 0 Å². The van der Waals surface area contributed by atoms with Gasteiger partial charge in [0.15, 0.2) is 0 Å². The molecule has 0 heterocycles. The van der Waals surface area contributed by atoms with E-state index in [4.69, 9.17) is 5.14 Å². The molecule has 2 N–H and O–H groups in total. The maximum Gasteiger partial charge on any atom is 0.0228 e. The van der Waals surface area contributed by atoms with Gasteiger partial charge in [-0.05, 0) is 48.4 Å². The second-order valence-corrected chi connectivity index (χ2v) is 4.29. The van der Waals surface area contributed by atoms with Crippen molar-refractivity contribution in [3.63, 3.8) is 0 Å². The molecular formula is C12H19NS. The fourth-order valence-corrected chi connectivity index (χ4v) is 2.16. The summed E-state index contributed by atoms with van der Waals surface area (Å²) in [5.74, 6) is 0.701. The van der Waals surface area contributed by atoms with Crippen LogP contribution in [0.2, 0.25) is 0 Å². The van der Waals surface area contributed by atoms with Crippen LogP contribution < -0.4 is 5.14 Å². The molecule has 0 spiro atoms. The van der Waals surface area contributed by atoms with E-state index < -0.39 is 0 Å². The minimum atomic E-state index is 0.701. The van der Waals surface area contributed by atoms with Gasteiger partial charge in [0.2, 0.25) is 0 Å². The van der Waals surface area contributed by atoms with Gasteiger partial charge in [0.1, 0.15) is 0 Å². The third-order valence-corrected chi connectivity index (χ3v) is 3.12. The smallest absolute Gasteiger partial charge is 0.0228 e. The van der Waals surface area contributed by atoms with E-state index in [1.165, 1.54) is 36.8 Å². The standard InChI is InChI=1S/C12H19NS/c1-3-6-10(4-2)11-7-5-8-12(9-11)14-13/h5,7-10H,3-4,6,13H2,1-2H3. The van der Waals surface area contributed by atoms with Crippen molar-refractivity contribution in [2.45, 2.75) is 43.9 Å². The molecule has 1 nitrogen and oxygen atoms in total. The highest BCUT2D eigenvalue weighted by Gasteiger charge is 2.08. The fraction of sp³-hybridized carbons (Fsp3) is 0.500.